The van der Waals surface area contributed by atoms with Gasteiger partial charge in [-0.15, -0.1) is 0 Å². The highest BCUT2D eigenvalue weighted by Crippen LogP contribution is 2.05. The largest absolute Gasteiger partial charge is 0.328 e. The Bertz CT molecular complexity index is 207. The van der Waals surface area contributed by atoms with Crippen LogP contribution in [0.2, 0.25) is 0 Å². The molecule has 0 amide bonds. The van der Waals surface area contributed by atoms with E-state index in [2.05, 4.69) is 37.4 Å². The van der Waals surface area contributed by atoms with Crippen molar-refractivity contribution in [3.8, 4) is 0 Å². The summed E-state index contributed by atoms with van der Waals surface area (Å²) in [5, 5.41) is 3.45. The highest BCUT2D eigenvalue weighted by atomic mass is 14.9. The molecular formula is C14H28N2. The lowest BCUT2D eigenvalue weighted by atomic mass is 10.1. The van der Waals surface area contributed by atoms with Gasteiger partial charge in [-0.05, 0) is 45.7 Å². The van der Waals surface area contributed by atoms with Crippen LogP contribution in [-0.4, -0.2) is 19.1 Å². The van der Waals surface area contributed by atoms with Gasteiger partial charge in [-0.2, -0.15) is 0 Å². The zero-order valence-electron chi connectivity index (χ0n) is 11.1. The SMILES string of the molecule is C/C=C\C=C(/CC)CCNCCC(N)CC. The number of nitrogens with two attached hydrogens (primary N) is 1. The zero-order valence-corrected chi connectivity index (χ0v) is 11.1. The van der Waals surface area contributed by atoms with E-state index < -0.39 is 0 Å². The minimum absolute atomic E-state index is 0.358. The fourth-order valence-corrected chi connectivity index (χ4v) is 1.48. The van der Waals surface area contributed by atoms with Crippen LogP contribution in [-0.2, 0) is 0 Å². The van der Waals surface area contributed by atoms with E-state index in [4.69, 9.17) is 5.73 Å². The fourth-order valence-electron chi connectivity index (χ4n) is 1.48. The summed E-state index contributed by atoms with van der Waals surface area (Å²) in [5.41, 5.74) is 7.35. The summed E-state index contributed by atoms with van der Waals surface area (Å²) >= 11 is 0. The highest BCUT2D eigenvalue weighted by molar-refractivity contribution is 5.11. The van der Waals surface area contributed by atoms with Gasteiger partial charge in [0, 0.05) is 6.04 Å². The van der Waals surface area contributed by atoms with Gasteiger partial charge in [-0.3, -0.25) is 0 Å². The van der Waals surface area contributed by atoms with Gasteiger partial charge >= 0.3 is 0 Å². The monoisotopic (exact) mass is 224 g/mol. The molecule has 0 saturated heterocycles. The second-order valence-corrected chi connectivity index (χ2v) is 4.16. The quantitative estimate of drug-likeness (QED) is 0.467. The minimum atomic E-state index is 0.358. The summed E-state index contributed by atoms with van der Waals surface area (Å²) in [4.78, 5) is 0. The Morgan fingerprint density at radius 2 is 2.06 bits per heavy atom. The first kappa shape index (κ1) is 15.4. The molecule has 0 aromatic rings. The smallest absolute Gasteiger partial charge is 0.00482 e. The predicted octanol–water partition coefficient (Wildman–Crippen LogP) is 3.01. The van der Waals surface area contributed by atoms with E-state index in [1.54, 1.807) is 0 Å². The summed E-state index contributed by atoms with van der Waals surface area (Å²) < 4.78 is 0. The maximum atomic E-state index is 5.85. The predicted molar refractivity (Wildman–Crippen MR) is 73.6 cm³/mol. The number of hydrogen-bond donors (Lipinski definition) is 2. The lowest BCUT2D eigenvalue weighted by Crippen LogP contribution is -2.26. The van der Waals surface area contributed by atoms with Gasteiger partial charge < -0.3 is 11.1 Å². The van der Waals surface area contributed by atoms with E-state index >= 15 is 0 Å². The molecule has 0 aliphatic carbocycles. The van der Waals surface area contributed by atoms with Crippen LogP contribution in [0.25, 0.3) is 0 Å². The maximum Gasteiger partial charge on any atom is 0.00482 e. The minimum Gasteiger partial charge on any atom is -0.328 e. The molecule has 0 radical (unpaired) electrons. The third-order valence-electron chi connectivity index (χ3n) is 2.82. The molecule has 2 heteroatoms. The third-order valence-corrected chi connectivity index (χ3v) is 2.82. The van der Waals surface area contributed by atoms with E-state index in [1.807, 2.05) is 6.92 Å². The zero-order chi connectivity index (χ0) is 12.2. The first-order valence-corrected chi connectivity index (χ1v) is 6.51. The average molecular weight is 224 g/mol. The molecule has 2 nitrogen and oxygen atoms in total. The van der Waals surface area contributed by atoms with Crippen LogP contribution in [0.5, 0.6) is 0 Å². The van der Waals surface area contributed by atoms with Crippen LogP contribution >= 0.6 is 0 Å². The molecule has 16 heavy (non-hydrogen) atoms. The van der Waals surface area contributed by atoms with Crippen LogP contribution in [0.4, 0.5) is 0 Å². The maximum absolute atomic E-state index is 5.85. The van der Waals surface area contributed by atoms with Crippen LogP contribution in [0.15, 0.2) is 23.8 Å². The van der Waals surface area contributed by atoms with Crippen molar-refractivity contribution in [2.45, 2.75) is 52.5 Å². The number of nitrogens with one attached hydrogen (secondary N) is 1. The second kappa shape index (κ2) is 10.9. The number of rotatable bonds is 9. The van der Waals surface area contributed by atoms with Crippen LogP contribution in [0.3, 0.4) is 0 Å². The van der Waals surface area contributed by atoms with Crippen molar-refractivity contribution in [2.24, 2.45) is 5.73 Å². The summed E-state index contributed by atoms with van der Waals surface area (Å²) in [6.45, 7) is 8.50. The molecule has 3 N–H and O–H groups in total. The topological polar surface area (TPSA) is 38.0 Å². The molecule has 0 aromatic heterocycles. The van der Waals surface area contributed by atoms with Crippen molar-refractivity contribution in [3.05, 3.63) is 23.8 Å². The standard InChI is InChI=1S/C14H28N2/c1-4-7-8-13(5-2)9-11-16-12-10-14(15)6-3/h4,7-8,14,16H,5-6,9-12,15H2,1-3H3/b7-4-,13-8+. The Hall–Kier alpha value is -0.600. The van der Waals surface area contributed by atoms with Gasteiger partial charge in [-0.1, -0.05) is 37.6 Å². The molecule has 0 spiro atoms. The van der Waals surface area contributed by atoms with Crippen molar-refractivity contribution in [1.29, 1.82) is 0 Å². The summed E-state index contributed by atoms with van der Waals surface area (Å²) in [6, 6.07) is 0.358. The van der Waals surface area contributed by atoms with E-state index in [0.717, 1.165) is 38.8 Å². The van der Waals surface area contributed by atoms with Crippen molar-refractivity contribution < 1.29 is 0 Å². The Morgan fingerprint density at radius 3 is 2.62 bits per heavy atom. The summed E-state index contributed by atoms with van der Waals surface area (Å²) in [5.74, 6) is 0. The Labute approximate surface area is 101 Å². The lowest BCUT2D eigenvalue weighted by molar-refractivity contribution is 0.549. The summed E-state index contributed by atoms with van der Waals surface area (Å²) in [6.07, 6.45) is 10.8. The van der Waals surface area contributed by atoms with E-state index in [9.17, 15) is 0 Å². The number of allylic oxidation sites excluding steroid dienone is 3. The molecular weight excluding hydrogens is 196 g/mol. The molecule has 0 aliphatic rings. The highest BCUT2D eigenvalue weighted by Gasteiger charge is 1.98. The Morgan fingerprint density at radius 1 is 1.31 bits per heavy atom. The Balaban J connectivity index is 3.56. The van der Waals surface area contributed by atoms with Gasteiger partial charge in [0.05, 0.1) is 0 Å². The van der Waals surface area contributed by atoms with Crippen molar-refractivity contribution in [1.82, 2.24) is 5.32 Å². The molecule has 0 bridgehead atoms. The summed E-state index contributed by atoms with van der Waals surface area (Å²) in [7, 11) is 0. The van der Waals surface area contributed by atoms with Crippen molar-refractivity contribution in [3.63, 3.8) is 0 Å². The van der Waals surface area contributed by atoms with Crippen LogP contribution < -0.4 is 11.1 Å². The van der Waals surface area contributed by atoms with E-state index in [1.165, 1.54) is 5.57 Å². The van der Waals surface area contributed by atoms with Crippen molar-refractivity contribution in [2.75, 3.05) is 13.1 Å². The van der Waals surface area contributed by atoms with E-state index in [0.29, 0.717) is 6.04 Å². The first-order valence-electron chi connectivity index (χ1n) is 6.51. The van der Waals surface area contributed by atoms with Gasteiger partial charge in [0.2, 0.25) is 0 Å². The molecule has 0 aliphatic heterocycles. The van der Waals surface area contributed by atoms with Crippen LogP contribution in [0, 0.1) is 0 Å². The molecule has 0 aromatic carbocycles. The van der Waals surface area contributed by atoms with Gasteiger partial charge in [0.25, 0.3) is 0 Å². The molecule has 0 saturated carbocycles. The molecule has 0 heterocycles. The van der Waals surface area contributed by atoms with Gasteiger partial charge in [0.1, 0.15) is 0 Å². The third kappa shape index (κ3) is 8.69. The van der Waals surface area contributed by atoms with Crippen LogP contribution in [0.1, 0.15) is 46.5 Å². The van der Waals surface area contributed by atoms with Gasteiger partial charge in [0.15, 0.2) is 0 Å². The fraction of sp³-hybridized carbons (Fsp3) is 0.714. The lowest BCUT2D eigenvalue weighted by Gasteiger charge is -2.10. The first-order chi connectivity index (χ1) is 7.74. The van der Waals surface area contributed by atoms with Gasteiger partial charge in [-0.25, -0.2) is 0 Å². The second-order valence-electron chi connectivity index (χ2n) is 4.16. The molecule has 94 valence electrons. The van der Waals surface area contributed by atoms with E-state index in [-0.39, 0.29) is 0 Å². The number of hydrogen-bond acceptors (Lipinski definition) is 2. The Kier molecular flexibility index (Phi) is 10.5. The van der Waals surface area contributed by atoms with Crippen molar-refractivity contribution >= 4 is 0 Å². The molecule has 0 fully saturated rings. The molecule has 0 rings (SSSR count). The average Bonchev–Trinajstić information content (AvgIpc) is 2.32. The normalized spacial score (nSPS) is 14.6. The molecule has 1 unspecified atom stereocenters. The molecule has 1 atom stereocenters.